The lowest BCUT2D eigenvalue weighted by Crippen LogP contribution is -2.48. The minimum Gasteiger partial charge on any atom is -0.384 e. The molecular weight excluding hydrogens is 304 g/mol. The van der Waals surface area contributed by atoms with Gasteiger partial charge in [0, 0.05) is 39.3 Å². The first-order chi connectivity index (χ1) is 11.5. The molecule has 2 aliphatic rings. The molecule has 24 heavy (non-hydrogen) atoms. The van der Waals surface area contributed by atoms with Gasteiger partial charge in [0.05, 0.1) is 5.92 Å². The highest BCUT2D eigenvalue weighted by atomic mass is 16.2. The van der Waals surface area contributed by atoms with Crippen molar-refractivity contribution in [3.05, 3.63) is 23.9 Å². The quantitative estimate of drug-likeness (QED) is 0.894. The molecule has 2 saturated heterocycles. The third-order valence-corrected chi connectivity index (χ3v) is 5.30. The van der Waals surface area contributed by atoms with Crippen LogP contribution in [-0.2, 0) is 9.59 Å². The molecule has 0 spiro atoms. The predicted octanol–water partition coefficient (Wildman–Crippen LogP) is 1.63. The zero-order valence-electron chi connectivity index (χ0n) is 14.3. The van der Waals surface area contributed by atoms with Crippen molar-refractivity contribution in [1.82, 2.24) is 14.8 Å². The van der Waals surface area contributed by atoms with Crippen molar-refractivity contribution in [1.29, 1.82) is 0 Å². The van der Waals surface area contributed by atoms with Crippen molar-refractivity contribution in [3.63, 3.8) is 0 Å². The van der Waals surface area contributed by atoms with E-state index in [1.165, 1.54) is 5.56 Å². The van der Waals surface area contributed by atoms with Crippen LogP contribution in [0.1, 0.15) is 44.1 Å². The number of anilines is 1. The summed E-state index contributed by atoms with van der Waals surface area (Å²) in [5.41, 5.74) is 6.85. The number of nitrogens with two attached hydrogens (primary N) is 1. The molecule has 3 heterocycles. The van der Waals surface area contributed by atoms with E-state index in [0.717, 1.165) is 45.3 Å². The van der Waals surface area contributed by atoms with Gasteiger partial charge in [-0.3, -0.25) is 9.59 Å². The summed E-state index contributed by atoms with van der Waals surface area (Å²) in [5, 5.41) is 0. The molecule has 2 N–H and O–H groups in total. The van der Waals surface area contributed by atoms with E-state index in [2.05, 4.69) is 4.98 Å². The van der Waals surface area contributed by atoms with Crippen LogP contribution in [0.5, 0.6) is 0 Å². The van der Waals surface area contributed by atoms with Crippen LogP contribution in [-0.4, -0.2) is 52.8 Å². The number of carbonyl (C=O) groups is 2. The fourth-order valence-corrected chi connectivity index (χ4v) is 3.81. The van der Waals surface area contributed by atoms with Crippen molar-refractivity contribution >= 4 is 17.6 Å². The average Bonchev–Trinajstić information content (AvgIpc) is 2.62. The Bertz CT molecular complexity index is 594. The van der Waals surface area contributed by atoms with Crippen molar-refractivity contribution in [2.75, 3.05) is 31.9 Å². The number of carbonyl (C=O) groups excluding carboxylic acids is 2. The van der Waals surface area contributed by atoms with Crippen LogP contribution in [0.3, 0.4) is 0 Å². The Hall–Kier alpha value is -2.11. The molecule has 0 aromatic carbocycles. The van der Waals surface area contributed by atoms with Gasteiger partial charge in [-0.1, -0.05) is 6.07 Å². The lowest BCUT2D eigenvalue weighted by Gasteiger charge is -2.37. The second-order valence-corrected chi connectivity index (χ2v) is 6.92. The lowest BCUT2D eigenvalue weighted by atomic mass is 9.89. The highest BCUT2D eigenvalue weighted by Crippen LogP contribution is 2.29. The Kier molecular flexibility index (Phi) is 5.02. The van der Waals surface area contributed by atoms with Crippen LogP contribution in [0.25, 0.3) is 0 Å². The molecule has 1 atom stereocenters. The first-order valence-corrected chi connectivity index (χ1v) is 8.80. The summed E-state index contributed by atoms with van der Waals surface area (Å²) in [6.45, 7) is 4.51. The fourth-order valence-electron chi connectivity index (χ4n) is 3.81. The molecule has 2 amide bonds. The first-order valence-electron chi connectivity index (χ1n) is 8.80. The van der Waals surface area contributed by atoms with Crippen LogP contribution in [0.4, 0.5) is 5.82 Å². The van der Waals surface area contributed by atoms with Gasteiger partial charge in [-0.25, -0.2) is 4.98 Å². The Morgan fingerprint density at radius 3 is 2.50 bits per heavy atom. The van der Waals surface area contributed by atoms with E-state index in [1.54, 1.807) is 11.8 Å². The molecule has 1 aromatic rings. The topological polar surface area (TPSA) is 79.5 Å². The van der Waals surface area contributed by atoms with Crippen molar-refractivity contribution in [3.8, 4) is 0 Å². The number of piperidine rings is 2. The zero-order valence-corrected chi connectivity index (χ0v) is 14.3. The number of nitrogen functional groups attached to an aromatic ring is 1. The summed E-state index contributed by atoms with van der Waals surface area (Å²) in [4.78, 5) is 32.3. The molecule has 0 bridgehead atoms. The molecule has 130 valence electrons. The van der Waals surface area contributed by atoms with Crippen LogP contribution in [0.2, 0.25) is 0 Å². The normalized spacial score (nSPS) is 22.5. The molecule has 3 rings (SSSR count). The van der Waals surface area contributed by atoms with Crippen LogP contribution in [0.15, 0.2) is 18.3 Å². The van der Waals surface area contributed by atoms with Gasteiger partial charge in [0.2, 0.25) is 11.8 Å². The monoisotopic (exact) mass is 330 g/mol. The molecule has 0 aliphatic carbocycles. The number of pyridine rings is 1. The fraction of sp³-hybridized carbons (Fsp3) is 0.611. The predicted molar refractivity (Wildman–Crippen MR) is 92.2 cm³/mol. The molecule has 0 radical (unpaired) electrons. The summed E-state index contributed by atoms with van der Waals surface area (Å²) >= 11 is 0. The zero-order chi connectivity index (χ0) is 17.1. The Labute approximate surface area is 143 Å². The van der Waals surface area contributed by atoms with E-state index >= 15 is 0 Å². The van der Waals surface area contributed by atoms with E-state index in [0.29, 0.717) is 18.3 Å². The third-order valence-electron chi connectivity index (χ3n) is 5.30. The maximum Gasteiger partial charge on any atom is 0.227 e. The number of aromatic nitrogens is 1. The highest BCUT2D eigenvalue weighted by Gasteiger charge is 2.32. The summed E-state index contributed by atoms with van der Waals surface area (Å²) < 4.78 is 0. The Balaban J connectivity index is 1.55. The molecule has 2 fully saturated rings. The SMILES string of the molecule is CC(=O)N1CCCC(C(=O)N2CCC(c3ccc(N)nc3)CC2)C1. The average molecular weight is 330 g/mol. The van der Waals surface area contributed by atoms with Crippen LogP contribution in [0, 0.1) is 5.92 Å². The largest absolute Gasteiger partial charge is 0.384 e. The van der Waals surface area contributed by atoms with Gasteiger partial charge < -0.3 is 15.5 Å². The van der Waals surface area contributed by atoms with E-state index < -0.39 is 0 Å². The minimum atomic E-state index is -0.0302. The summed E-state index contributed by atoms with van der Waals surface area (Å²) in [7, 11) is 0. The van der Waals surface area contributed by atoms with Gasteiger partial charge in [-0.05, 0) is 43.2 Å². The van der Waals surface area contributed by atoms with Gasteiger partial charge in [0.1, 0.15) is 5.82 Å². The van der Waals surface area contributed by atoms with Gasteiger partial charge in [-0.15, -0.1) is 0 Å². The van der Waals surface area contributed by atoms with Gasteiger partial charge >= 0.3 is 0 Å². The smallest absolute Gasteiger partial charge is 0.227 e. The van der Waals surface area contributed by atoms with Crippen LogP contribution >= 0.6 is 0 Å². The van der Waals surface area contributed by atoms with Crippen molar-refractivity contribution < 1.29 is 9.59 Å². The highest BCUT2D eigenvalue weighted by molar-refractivity contribution is 5.81. The first kappa shape index (κ1) is 16.7. The third kappa shape index (κ3) is 3.68. The summed E-state index contributed by atoms with van der Waals surface area (Å²) in [5.74, 6) is 1.25. The van der Waals surface area contributed by atoms with Crippen molar-refractivity contribution in [2.45, 2.75) is 38.5 Å². The molecule has 6 nitrogen and oxygen atoms in total. The maximum atomic E-state index is 12.8. The number of nitrogens with zero attached hydrogens (tertiary/aromatic N) is 3. The van der Waals surface area contributed by atoms with E-state index in [-0.39, 0.29) is 17.7 Å². The number of rotatable bonds is 2. The number of hydrogen-bond acceptors (Lipinski definition) is 4. The molecule has 2 aliphatic heterocycles. The number of likely N-dealkylation sites (tertiary alicyclic amines) is 2. The molecule has 1 unspecified atom stereocenters. The van der Waals surface area contributed by atoms with E-state index in [4.69, 9.17) is 5.73 Å². The molecule has 1 aromatic heterocycles. The molecule has 0 saturated carbocycles. The molecular formula is C18H26N4O2. The maximum absolute atomic E-state index is 12.8. The summed E-state index contributed by atoms with van der Waals surface area (Å²) in [6, 6.07) is 3.88. The summed E-state index contributed by atoms with van der Waals surface area (Å²) in [6.07, 6.45) is 5.58. The number of hydrogen-bond donors (Lipinski definition) is 1. The lowest BCUT2D eigenvalue weighted by molar-refractivity contribution is -0.141. The van der Waals surface area contributed by atoms with Gasteiger partial charge in [0.15, 0.2) is 0 Å². The Morgan fingerprint density at radius 1 is 1.12 bits per heavy atom. The van der Waals surface area contributed by atoms with Gasteiger partial charge in [-0.2, -0.15) is 0 Å². The van der Waals surface area contributed by atoms with E-state index in [9.17, 15) is 9.59 Å². The second-order valence-electron chi connectivity index (χ2n) is 6.92. The minimum absolute atomic E-state index is 0.0302. The number of amides is 2. The second kappa shape index (κ2) is 7.20. The van der Waals surface area contributed by atoms with E-state index in [1.807, 2.05) is 23.2 Å². The Morgan fingerprint density at radius 2 is 1.88 bits per heavy atom. The standard InChI is InChI=1S/C18H26N4O2/c1-13(23)22-8-2-3-16(12-22)18(24)21-9-6-14(7-10-21)15-4-5-17(19)20-11-15/h4-5,11,14,16H,2-3,6-10,12H2,1H3,(H2,19,20). The van der Waals surface area contributed by atoms with Gasteiger partial charge in [0.25, 0.3) is 0 Å². The molecule has 6 heteroatoms. The van der Waals surface area contributed by atoms with Crippen LogP contribution < -0.4 is 5.73 Å². The van der Waals surface area contributed by atoms with Crippen molar-refractivity contribution in [2.24, 2.45) is 5.92 Å².